The summed E-state index contributed by atoms with van der Waals surface area (Å²) in [5, 5.41) is 6.43. The lowest BCUT2D eigenvalue weighted by Crippen LogP contribution is -2.13. The van der Waals surface area contributed by atoms with E-state index in [2.05, 4.69) is 36.2 Å². The standard InChI is InChI=1S/C15H17BrN4O4S/c1-3-23-11-4-9(6-18-20-15-19-13(17)8-25-15)10(16)5-12(11)24-7-14(21)22-2/h4-6,8H,3,7,17H2,1-2H3,(H,19,20). The second-order valence-electron chi connectivity index (χ2n) is 4.57. The molecule has 0 spiro atoms. The SMILES string of the molecule is CCOc1cc(C=NNc2nc(N)cs2)c(Br)cc1OCC(=O)OC. The molecule has 3 N–H and O–H groups in total. The highest BCUT2D eigenvalue weighted by Crippen LogP contribution is 2.33. The van der Waals surface area contributed by atoms with E-state index >= 15 is 0 Å². The minimum absolute atomic E-state index is 0.205. The van der Waals surface area contributed by atoms with E-state index in [-0.39, 0.29) is 6.61 Å². The molecule has 8 nitrogen and oxygen atoms in total. The number of nitrogens with one attached hydrogen (secondary N) is 1. The van der Waals surface area contributed by atoms with Crippen LogP contribution in [0.5, 0.6) is 11.5 Å². The third kappa shape index (κ3) is 5.61. The first-order valence-corrected chi connectivity index (χ1v) is 8.86. The molecule has 2 rings (SSSR count). The van der Waals surface area contributed by atoms with Crippen LogP contribution in [0.4, 0.5) is 10.9 Å². The fourth-order valence-corrected chi connectivity index (χ4v) is 2.69. The number of hydrazone groups is 1. The van der Waals surface area contributed by atoms with E-state index < -0.39 is 5.97 Å². The van der Waals surface area contributed by atoms with Gasteiger partial charge < -0.3 is 19.9 Å². The number of methoxy groups -OCH3 is 1. The van der Waals surface area contributed by atoms with Gasteiger partial charge in [-0.15, -0.1) is 11.3 Å². The highest BCUT2D eigenvalue weighted by Gasteiger charge is 2.12. The number of nitrogens with zero attached hydrogens (tertiary/aromatic N) is 2. The summed E-state index contributed by atoms with van der Waals surface area (Å²) < 4.78 is 16.3. The van der Waals surface area contributed by atoms with Crippen molar-refractivity contribution in [2.24, 2.45) is 5.10 Å². The predicted molar refractivity (Wildman–Crippen MR) is 101 cm³/mol. The van der Waals surface area contributed by atoms with Gasteiger partial charge in [-0.2, -0.15) is 5.10 Å². The Bertz CT molecular complexity index is 766. The number of anilines is 2. The fraction of sp³-hybridized carbons (Fsp3) is 0.267. The molecule has 0 aliphatic carbocycles. The van der Waals surface area contributed by atoms with Crippen LogP contribution >= 0.6 is 27.3 Å². The highest BCUT2D eigenvalue weighted by molar-refractivity contribution is 9.10. The van der Waals surface area contributed by atoms with Crippen molar-refractivity contribution in [3.8, 4) is 11.5 Å². The maximum Gasteiger partial charge on any atom is 0.343 e. The number of hydrogen-bond donors (Lipinski definition) is 2. The van der Waals surface area contributed by atoms with Gasteiger partial charge in [-0.25, -0.2) is 9.78 Å². The molecule has 1 heterocycles. The first-order chi connectivity index (χ1) is 12.0. The lowest BCUT2D eigenvalue weighted by Gasteiger charge is -2.13. The summed E-state index contributed by atoms with van der Waals surface area (Å²) in [5.41, 5.74) is 9.10. The van der Waals surface area contributed by atoms with Gasteiger partial charge in [0.2, 0.25) is 5.13 Å². The maximum absolute atomic E-state index is 11.2. The minimum atomic E-state index is -0.476. The topological polar surface area (TPSA) is 108 Å². The summed E-state index contributed by atoms with van der Waals surface area (Å²) in [4.78, 5) is 15.3. The molecule has 134 valence electrons. The molecule has 25 heavy (non-hydrogen) atoms. The Morgan fingerprint density at radius 3 is 2.84 bits per heavy atom. The number of aromatic nitrogens is 1. The number of halogens is 1. The van der Waals surface area contributed by atoms with E-state index in [9.17, 15) is 4.79 Å². The van der Waals surface area contributed by atoms with Crippen molar-refractivity contribution in [1.82, 2.24) is 4.98 Å². The molecule has 0 saturated heterocycles. The van der Waals surface area contributed by atoms with Crippen molar-refractivity contribution in [3.05, 3.63) is 27.5 Å². The van der Waals surface area contributed by atoms with Gasteiger partial charge in [0, 0.05) is 15.4 Å². The van der Waals surface area contributed by atoms with Crippen LogP contribution < -0.4 is 20.6 Å². The van der Waals surface area contributed by atoms with Gasteiger partial charge in [-0.1, -0.05) is 0 Å². The molecule has 0 fully saturated rings. The summed E-state index contributed by atoms with van der Waals surface area (Å²) in [6.45, 7) is 2.10. The van der Waals surface area contributed by atoms with Crippen LogP contribution in [0.2, 0.25) is 0 Å². The molecule has 0 bridgehead atoms. The molecule has 0 saturated carbocycles. The van der Waals surface area contributed by atoms with Crippen molar-refractivity contribution >= 4 is 50.4 Å². The van der Waals surface area contributed by atoms with Gasteiger partial charge in [0.05, 0.1) is 19.9 Å². The van der Waals surface area contributed by atoms with E-state index in [0.29, 0.717) is 29.1 Å². The largest absolute Gasteiger partial charge is 0.490 e. The molecule has 0 aliphatic rings. The van der Waals surface area contributed by atoms with E-state index in [1.807, 2.05) is 6.92 Å². The third-order valence-electron chi connectivity index (χ3n) is 2.82. The summed E-state index contributed by atoms with van der Waals surface area (Å²) in [6, 6.07) is 3.46. The molecule has 0 atom stereocenters. The van der Waals surface area contributed by atoms with Crippen LogP contribution in [-0.4, -0.2) is 37.5 Å². The zero-order valence-electron chi connectivity index (χ0n) is 13.6. The molecule has 1 aromatic carbocycles. The van der Waals surface area contributed by atoms with Gasteiger partial charge in [0.15, 0.2) is 18.1 Å². The Labute approximate surface area is 157 Å². The molecule has 10 heteroatoms. The first kappa shape index (κ1) is 19.0. The molecule has 1 aromatic heterocycles. The Balaban J connectivity index is 2.14. The van der Waals surface area contributed by atoms with Gasteiger partial charge in [-0.3, -0.25) is 5.43 Å². The smallest absolute Gasteiger partial charge is 0.343 e. The van der Waals surface area contributed by atoms with Gasteiger partial charge in [0.1, 0.15) is 5.82 Å². The number of thiazole rings is 1. The van der Waals surface area contributed by atoms with Crippen molar-refractivity contribution in [3.63, 3.8) is 0 Å². The number of hydrogen-bond acceptors (Lipinski definition) is 9. The quantitative estimate of drug-likeness (QED) is 0.377. The second kappa shape index (κ2) is 9.23. The molecule has 0 radical (unpaired) electrons. The Hall–Kier alpha value is -2.33. The van der Waals surface area contributed by atoms with Crippen LogP contribution in [0.15, 0.2) is 27.1 Å². The summed E-state index contributed by atoms with van der Waals surface area (Å²) in [6.07, 6.45) is 1.61. The summed E-state index contributed by atoms with van der Waals surface area (Å²) in [7, 11) is 1.30. The average Bonchev–Trinajstić information content (AvgIpc) is 3.01. The molecule has 0 unspecified atom stereocenters. The number of rotatable bonds is 8. The van der Waals surface area contributed by atoms with Gasteiger partial charge >= 0.3 is 5.97 Å². The lowest BCUT2D eigenvalue weighted by molar-refractivity contribution is -0.142. The predicted octanol–water partition coefficient (Wildman–Crippen LogP) is 2.88. The normalized spacial score (nSPS) is 10.7. The zero-order valence-corrected chi connectivity index (χ0v) is 16.0. The maximum atomic E-state index is 11.2. The number of esters is 1. The Morgan fingerprint density at radius 1 is 1.44 bits per heavy atom. The zero-order chi connectivity index (χ0) is 18.2. The van der Waals surface area contributed by atoms with E-state index in [4.69, 9.17) is 15.2 Å². The van der Waals surface area contributed by atoms with E-state index in [1.165, 1.54) is 18.4 Å². The highest BCUT2D eigenvalue weighted by atomic mass is 79.9. The molecule has 2 aromatic rings. The lowest BCUT2D eigenvalue weighted by atomic mass is 10.2. The Kier molecular flexibility index (Phi) is 7.02. The van der Waals surface area contributed by atoms with E-state index in [0.717, 1.165) is 10.0 Å². The molecular weight excluding hydrogens is 412 g/mol. The molecular formula is C15H17BrN4O4S. The van der Waals surface area contributed by atoms with Crippen molar-refractivity contribution in [2.75, 3.05) is 31.5 Å². The number of ether oxygens (including phenoxy) is 3. The Morgan fingerprint density at radius 2 is 2.20 bits per heavy atom. The minimum Gasteiger partial charge on any atom is -0.490 e. The van der Waals surface area contributed by atoms with Crippen LogP contribution in [0.3, 0.4) is 0 Å². The van der Waals surface area contributed by atoms with Gasteiger partial charge in [-0.05, 0) is 35.0 Å². The van der Waals surface area contributed by atoms with Crippen LogP contribution in [0.1, 0.15) is 12.5 Å². The van der Waals surface area contributed by atoms with Crippen LogP contribution in [-0.2, 0) is 9.53 Å². The number of benzene rings is 1. The van der Waals surface area contributed by atoms with Crippen molar-refractivity contribution < 1.29 is 19.0 Å². The average molecular weight is 429 g/mol. The third-order valence-corrected chi connectivity index (χ3v) is 4.27. The number of nitrogens with two attached hydrogens (primary N) is 1. The van der Waals surface area contributed by atoms with Crippen molar-refractivity contribution in [2.45, 2.75) is 6.92 Å². The summed E-state index contributed by atoms with van der Waals surface area (Å²) in [5.74, 6) is 0.886. The fourth-order valence-electron chi connectivity index (χ4n) is 1.72. The van der Waals surface area contributed by atoms with Crippen LogP contribution in [0, 0.1) is 0 Å². The number of carbonyl (C=O) groups is 1. The molecule has 0 aliphatic heterocycles. The van der Waals surface area contributed by atoms with E-state index in [1.54, 1.807) is 23.7 Å². The summed E-state index contributed by atoms with van der Waals surface area (Å²) >= 11 is 4.80. The van der Waals surface area contributed by atoms with Crippen molar-refractivity contribution in [1.29, 1.82) is 0 Å². The monoisotopic (exact) mass is 428 g/mol. The number of carbonyl (C=O) groups excluding carboxylic acids is 1. The number of nitrogen functional groups attached to an aromatic ring is 1. The molecule has 0 amide bonds. The second-order valence-corrected chi connectivity index (χ2v) is 6.28. The van der Waals surface area contributed by atoms with Gasteiger partial charge in [0.25, 0.3) is 0 Å². The van der Waals surface area contributed by atoms with Crippen LogP contribution in [0.25, 0.3) is 0 Å². The first-order valence-electron chi connectivity index (χ1n) is 7.19.